The first-order valence-electron chi connectivity index (χ1n) is 5.06. The van der Waals surface area contributed by atoms with Gasteiger partial charge >= 0.3 is 0 Å². The second-order valence-corrected chi connectivity index (χ2v) is 3.26. The quantitative estimate of drug-likeness (QED) is 0.726. The number of ether oxygens (including phenoxy) is 1. The summed E-state index contributed by atoms with van der Waals surface area (Å²) in [6, 6.07) is 0. The summed E-state index contributed by atoms with van der Waals surface area (Å²) in [7, 11) is 0. The molecular weight excluding hydrogens is 162 g/mol. The molecule has 0 aromatic heterocycles. The topological polar surface area (TPSA) is 35.2 Å². The molecule has 1 unspecified atom stereocenters. The van der Waals surface area contributed by atoms with E-state index in [-0.39, 0.29) is 6.23 Å². The highest BCUT2D eigenvalue weighted by molar-refractivity contribution is 5.37. The van der Waals surface area contributed by atoms with Crippen LogP contribution >= 0.6 is 0 Å². The maximum absolute atomic E-state index is 5.85. The lowest BCUT2D eigenvalue weighted by Crippen LogP contribution is -2.28. The summed E-state index contributed by atoms with van der Waals surface area (Å²) >= 11 is 0. The number of hydrogen-bond acceptors (Lipinski definition) is 2. The van der Waals surface area contributed by atoms with Crippen molar-refractivity contribution in [3.63, 3.8) is 0 Å². The minimum absolute atomic E-state index is 0.213. The van der Waals surface area contributed by atoms with Crippen LogP contribution in [0, 0.1) is 0 Å². The Hall–Kier alpha value is -0.760. The van der Waals surface area contributed by atoms with Crippen molar-refractivity contribution >= 4 is 0 Å². The Labute approximate surface area is 80.5 Å². The minimum atomic E-state index is -0.213. The zero-order chi connectivity index (χ0) is 9.84. The molecule has 0 saturated carbocycles. The largest absolute Gasteiger partial charge is 0.479 e. The highest BCUT2D eigenvalue weighted by Gasteiger charge is 2.19. The molecule has 74 valence electrons. The highest BCUT2D eigenvalue weighted by Crippen LogP contribution is 2.29. The molecule has 0 radical (unpaired) electrons. The van der Waals surface area contributed by atoms with Crippen molar-refractivity contribution in [1.82, 2.24) is 0 Å². The maximum Gasteiger partial charge on any atom is 0.169 e. The van der Waals surface area contributed by atoms with Gasteiger partial charge in [-0.3, -0.25) is 5.73 Å². The van der Waals surface area contributed by atoms with Crippen LogP contribution in [0.15, 0.2) is 23.0 Å². The molecule has 13 heavy (non-hydrogen) atoms. The van der Waals surface area contributed by atoms with E-state index in [1.54, 1.807) is 0 Å². The molecule has 2 nitrogen and oxygen atoms in total. The first-order chi connectivity index (χ1) is 6.24. The average molecular weight is 181 g/mol. The van der Waals surface area contributed by atoms with Crippen LogP contribution in [0.4, 0.5) is 0 Å². The molecule has 1 rings (SSSR count). The van der Waals surface area contributed by atoms with Gasteiger partial charge < -0.3 is 4.74 Å². The van der Waals surface area contributed by atoms with Gasteiger partial charge in [-0.2, -0.15) is 0 Å². The molecule has 0 aromatic rings. The molecule has 0 aromatic carbocycles. The van der Waals surface area contributed by atoms with E-state index in [2.05, 4.69) is 20.8 Å². The predicted molar refractivity (Wildman–Crippen MR) is 55.0 cm³/mol. The van der Waals surface area contributed by atoms with Crippen molar-refractivity contribution in [3.8, 4) is 0 Å². The molecule has 0 amide bonds. The van der Waals surface area contributed by atoms with E-state index in [0.29, 0.717) is 0 Å². The Morgan fingerprint density at radius 1 is 1.23 bits per heavy atom. The predicted octanol–water partition coefficient (Wildman–Crippen LogP) is 2.71. The molecule has 1 heterocycles. The standard InChI is InChI=1S/C11H19NO/c1-4-8-7-13-11(12)10(6-3)9(8)5-2/h7,11H,4-6,12H2,1-3H3. The van der Waals surface area contributed by atoms with Crippen molar-refractivity contribution in [1.29, 1.82) is 0 Å². The molecule has 1 aliphatic heterocycles. The summed E-state index contributed by atoms with van der Waals surface area (Å²) in [4.78, 5) is 0. The lowest BCUT2D eigenvalue weighted by Gasteiger charge is -2.25. The van der Waals surface area contributed by atoms with E-state index in [4.69, 9.17) is 10.5 Å². The van der Waals surface area contributed by atoms with Crippen LogP contribution < -0.4 is 5.73 Å². The molecular formula is C11H19NO. The van der Waals surface area contributed by atoms with E-state index in [1.165, 1.54) is 16.7 Å². The van der Waals surface area contributed by atoms with E-state index < -0.39 is 0 Å². The lowest BCUT2D eigenvalue weighted by molar-refractivity contribution is 0.169. The molecule has 2 N–H and O–H groups in total. The van der Waals surface area contributed by atoms with Crippen molar-refractivity contribution < 1.29 is 4.74 Å². The Balaban J connectivity index is 3.00. The third-order valence-corrected chi connectivity index (χ3v) is 2.59. The zero-order valence-corrected chi connectivity index (χ0v) is 8.76. The van der Waals surface area contributed by atoms with Crippen LogP contribution in [0.1, 0.15) is 40.0 Å². The molecule has 0 spiro atoms. The fourth-order valence-electron chi connectivity index (χ4n) is 1.85. The van der Waals surface area contributed by atoms with Crippen LogP contribution in [-0.4, -0.2) is 6.23 Å². The van der Waals surface area contributed by atoms with Gasteiger partial charge in [0.25, 0.3) is 0 Å². The summed E-state index contributed by atoms with van der Waals surface area (Å²) in [5, 5.41) is 0. The van der Waals surface area contributed by atoms with E-state index in [1.807, 2.05) is 6.26 Å². The van der Waals surface area contributed by atoms with Gasteiger partial charge in [-0.25, -0.2) is 0 Å². The molecule has 2 heteroatoms. The summed E-state index contributed by atoms with van der Waals surface area (Å²) in [5.74, 6) is 0. The fourth-order valence-corrected chi connectivity index (χ4v) is 1.85. The Morgan fingerprint density at radius 3 is 2.38 bits per heavy atom. The summed E-state index contributed by atoms with van der Waals surface area (Å²) < 4.78 is 5.37. The first kappa shape index (κ1) is 10.3. The number of nitrogens with two attached hydrogens (primary N) is 1. The molecule has 0 saturated heterocycles. The van der Waals surface area contributed by atoms with Crippen molar-refractivity contribution in [2.75, 3.05) is 0 Å². The third-order valence-electron chi connectivity index (χ3n) is 2.59. The molecule has 0 aliphatic carbocycles. The number of hydrogen-bond donors (Lipinski definition) is 1. The van der Waals surface area contributed by atoms with E-state index in [0.717, 1.165) is 19.3 Å². The van der Waals surface area contributed by atoms with Gasteiger partial charge in [-0.1, -0.05) is 20.8 Å². The van der Waals surface area contributed by atoms with Gasteiger partial charge in [0.2, 0.25) is 0 Å². The lowest BCUT2D eigenvalue weighted by atomic mass is 9.93. The van der Waals surface area contributed by atoms with Gasteiger partial charge in [-0.15, -0.1) is 0 Å². The Kier molecular flexibility index (Phi) is 3.55. The van der Waals surface area contributed by atoms with Crippen LogP contribution in [-0.2, 0) is 4.74 Å². The number of rotatable bonds is 3. The number of allylic oxidation sites excluding steroid dienone is 2. The highest BCUT2D eigenvalue weighted by atomic mass is 16.5. The van der Waals surface area contributed by atoms with Crippen LogP contribution in [0.2, 0.25) is 0 Å². The Bertz CT molecular complexity index is 240. The average Bonchev–Trinajstić information content (AvgIpc) is 2.17. The van der Waals surface area contributed by atoms with Crippen molar-refractivity contribution in [2.45, 2.75) is 46.3 Å². The maximum atomic E-state index is 5.85. The normalized spacial score (nSPS) is 22.8. The minimum Gasteiger partial charge on any atom is -0.479 e. The van der Waals surface area contributed by atoms with Gasteiger partial charge in [0.1, 0.15) is 0 Å². The molecule has 1 atom stereocenters. The van der Waals surface area contributed by atoms with Gasteiger partial charge in [-0.05, 0) is 36.0 Å². The van der Waals surface area contributed by atoms with Crippen molar-refractivity contribution in [3.05, 3.63) is 23.0 Å². The van der Waals surface area contributed by atoms with Crippen molar-refractivity contribution in [2.24, 2.45) is 5.73 Å². The van der Waals surface area contributed by atoms with Gasteiger partial charge in [0.05, 0.1) is 6.26 Å². The summed E-state index contributed by atoms with van der Waals surface area (Å²) in [6.07, 6.45) is 4.68. The summed E-state index contributed by atoms with van der Waals surface area (Å²) in [6.45, 7) is 6.45. The van der Waals surface area contributed by atoms with Gasteiger partial charge in [0.15, 0.2) is 6.23 Å². The van der Waals surface area contributed by atoms with Crippen LogP contribution in [0.5, 0.6) is 0 Å². The monoisotopic (exact) mass is 181 g/mol. The zero-order valence-electron chi connectivity index (χ0n) is 8.76. The Morgan fingerprint density at radius 2 is 1.92 bits per heavy atom. The van der Waals surface area contributed by atoms with Gasteiger partial charge in [0, 0.05) is 0 Å². The smallest absolute Gasteiger partial charge is 0.169 e. The molecule has 0 fully saturated rings. The van der Waals surface area contributed by atoms with E-state index >= 15 is 0 Å². The molecule has 0 bridgehead atoms. The SMILES string of the molecule is CCC1=COC(N)C(CC)=C1CC. The second-order valence-electron chi connectivity index (χ2n) is 3.26. The second kappa shape index (κ2) is 4.47. The van der Waals surface area contributed by atoms with E-state index in [9.17, 15) is 0 Å². The molecule has 1 aliphatic rings. The summed E-state index contributed by atoms with van der Waals surface area (Å²) in [5.41, 5.74) is 9.83. The van der Waals surface area contributed by atoms with Crippen LogP contribution in [0.3, 0.4) is 0 Å². The van der Waals surface area contributed by atoms with Crippen LogP contribution in [0.25, 0.3) is 0 Å². The first-order valence-corrected chi connectivity index (χ1v) is 5.06. The third kappa shape index (κ3) is 1.94. The fraction of sp³-hybridized carbons (Fsp3) is 0.636.